The maximum absolute atomic E-state index is 10.0. The van der Waals surface area contributed by atoms with Crippen LogP contribution in [-0.2, 0) is 11.8 Å². The first kappa shape index (κ1) is 20.6. The SMILES string of the molecule is CC(C)(C)c1nc(N)sc1Cc1ccc2c(c1)OCO2.O=[N+]([O-])c1ccccc1. The summed E-state index contributed by atoms with van der Waals surface area (Å²) in [5.41, 5.74) is 8.28. The van der Waals surface area contributed by atoms with Crippen molar-refractivity contribution in [1.29, 1.82) is 0 Å². The van der Waals surface area contributed by atoms with Crippen molar-refractivity contribution in [2.45, 2.75) is 32.6 Å². The summed E-state index contributed by atoms with van der Waals surface area (Å²) < 4.78 is 10.8. The minimum Gasteiger partial charge on any atom is -0.454 e. The third-order valence-electron chi connectivity index (χ3n) is 4.19. The number of benzene rings is 2. The molecule has 0 radical (unpaired) electrons. The molecule has 8 heteroatoms. The monoisotopic (exact) mass is 413 g/mol. The highest BCUT2D eigenvalue weighted by atomic mass is 32.1. The van der Waals surface area contributed by atoms with Crippen LogP contribution in [0.25, 0.3) is 0 Å². The number of hydrogen-bond donors (Lipinski definition) is 1. The van der Waals surface area contributed by atoms with Gasteiger partial charge in [-0.25, -0.2) is 4.98 Å². The first-order chi connectivity index (χ1) is 13.7. The molecule has 0 spiro atoms. The molecule has 152 valence electrons. The van der Waals surface area contributed by atoms with Gasteiger partial charge in [0.1, 0.15) is 0 Å². The van der Waals surface area contributed by atoms with Crippen LogP contribution in [0.2, 0.25) is 0 Å². The van der Waals surface area contributed by atoms with E-state index in [2.05, 4.69) is 31.8 Å². The zero-order valence-electron chi connectivity index (χ0n) is 16.5. The number of nitrogen functional groups attached to an aromatic ring is 1. The predicted octanol–water partition coefficient (Wildman–Crippen LogP) is 4.94. The molecule has 0 saturated carbocycles. The number of fused-ring (bicyclic) bond motifs is 1. The van der Waals surface area contributed by atoms with Gasteiger partial charge in [-0.05, 0) is 17.7 Å². The summed E-state index contributed by atoms with van der Waals surface area (Å²) >= 11 is 1.56. The lowest BCUT2D eigenvalue weighted by atomic mass is 9.90. The fourth-order valence-corrected chi connectivity index (χ4v) is 3.94. The summed E-state index contributed by atoms with van der Waals surface area (Å²) in [4.78, 5) is 15.3. The number of nitro benzene ring substituents is 1. The highest BCUT2D eigenvalue weighted by molar-refractivity contribution is 7.15. The summed E-state index contributed by atoms with van der Waals surface area (Å²) in [5.74, 6) is 1.63. The normalized spacial score (nSPS) is 12.2. The van der Waals surface area contributed by atoms with E-state index in [9.17, 15) is 10.1 Å². The first-order valence-corrected chi connectivity index (χ1v) is 9.89. The van der Waals surface area contributed by atoms with Gasteiger partial charge in [0, 0.05) is 28.8 Å². The number of aromatic nitrogens is 1. The van der Waals surface area contributed by atoms with Crippen molar-refractivity contribution >= 4 is 22.2 Å². The van der Waals surface area contributed by atoms with Crippen molar-refractivity contribution in [2.75, 3.05) is 12.5 Å². The lowest BCUT2D eigenvalue weighted by molar-refractivity contribution is -0.384. The summed E-state index contributed by atoms with van der Waals surface area (Å²) in [6, 6.07) is 14.0. The van der Waals surface area contributed by atoms with Crippen LogP contribution in [0.4, 0.5) is 10.8 Å². The molecular formula is C21H23N3O4S. The average Bonchev–Trinajstić information content (AvgIpc) is 3.28. The van der Waals surface area contributed by atoms with E-state index in [1.807, 2.05) is 12.1 Å². The van der Waals surface area contributed by atoms with E-state index < -0.39 is 4.92 Å². The standard InChI is InChI=1S/C15H18N2O2S.C6H5NO2/c1-15(2,3)13-12(20-14(16)17-13)7-9-4-5-10-11(6-9)19-8-18-10;8-7(9)6-4-2-1-3-5-6/h4-6H,7-8H2,1-3H3,(H2,16,17);1-5H. The fourth-order valence-electron chi connectivity index (χ4n) is 2.86. The summed E-state index contributed by atoms with van der Waals surface area (Å²) in [7, 11) is 0. The molecule has 0 saturated heterocycles. The molecule has 1 aromatic heterocycles. The molecule has 0 atom stereocenters. The Morgan fingerprint density at radius 2 is 1.83 bits per heavy atom. The van der Waals surface area contributed by atoms with Gasteiger partial charge in [0.2, 0.25) is 6.79 Å². The summed E-state index contributed by atoms with van der Waals surface area (Å²) in [6.45, 7) is 6.78. The van der Waals surface area contributed by atoms with Gasteiger partial charge < -0.3 is 15.2 Å². The molecule has 3 aromatic rings. The molecule has 0 aliphatic carbocycles. The van der Waals surface area contributed by atoms with E-state index in [1.165, 1.54) is 22.6 Å². The van der Waals surface area contributed by atoms with Crippen LogP contribution in [0.1, 0.15) is 36.9 Å². The van der Waals surface area contributed by atoms with Crippen LogP contribution in [0.15, 0.2) is 48.5 Å². The summed E-state index contributed by atoms with van der Waals surface area (Å²) in [5, 5.41) is 10.6. The predicted molar refractivity (Wildman–Crippen MR) is 114 cm³/mol. The topological polar surface area (TPSA) is 101 Å². The molecule has 29 heavy (non-hydrogen) atoms. The van der Waals surface area contributed by atoms with Gasteiger partial charge in [-0.3, -0.25) is 10.1 Å². The van der Waals surface area contributed by atoms with Gasteiger partial charge in [-0.15, -0.1) is 11.3 Å². The second-order valence-electron chi connectivity index (χ2n) is 7.53. The van der Waals surface area contributed by atoms with Gasteiger partial charge in [0.25, 0.3) is 5.69 Å². The Kier molecular flexibility index (Phi) is 6.03. The van der Waals surface area contributed by atoms with Crippen LogP contribution in [-0.4, -0.2) is 16.7 Å². The first-order valence-electron chi connectivity index (χ1n) is 9.07. The van der Waals surface area contributed by atoms with Gasteiger partial charge >= 0.3 is 0 Å². The Morgan fingerprint density at radius 1 is 1.14 bits per heavy atom. The Labute approximate surface area is 173 Å². The molecule has 0 amide bonds. The smallest absolute Gasteiger partial charge is 0.269 e. The number of nitro groups is 1. The molecule has 2 aromatic carbocycles. The van der Waals surface area contributed by atoms with Gasteiger partial charge in [-0.2, -0.15) is 0 Å². The Hall–Kier alpha value is -3.13. The molecule has 4 rings (SSSR count). The number of non-ortho nitro benzene ring substituents is 1. The molecule has 0 bridgehead atoms. The highest BCUT2D eigenvalue weighted by Gasteiger charge is 2.23. The zero-order valence-corrected chi connectivity index (χ0v) is 17.4. The number of nitrogens with zero attached hydrogens (tertiary/aromatic N) is 2. The minimum atomic E-state index is -0.417. The van der Waals surface area contributed by atoms with Gasteiger partial charge in [0.05, 0.1) is 10.6 Å². The second-order valence-corrected chi connectivity index (χ2v) is 8.65. The Balaban J connectivity index is 0.000000224. The van der Waals surface area contributed by atoms with E-state index in [0.29, 0.717) is 11.9 Å². The third kappa shape index (κ3) is 5.23. The highest BCUT2D eigenvalue weighted by Crippen LogP contribution is 2.36. The largest absolute Gasteiger partial charge is 0.454 e. The zero-order chi connectivity index (χ0) is 21.0. The maximum atomic E-state index is 10.0. The van der Waals surface area contributed by atoms with Crippen LogP contribution < -0.4 is 15.2 Å². The molecule has 2 heterocycles. The average molecular weight is 413 g/mol. The molecule has 1 aliphatic rings. The maximum Gasteiger partial charge on any atom is 0.269 e. The van der Waals surface area contributed by atoms with Crippen LogP contribution in [0.3, 0.4) is 0 Å². The number of anilines is 1. The second kappa shape index (κ2) is 8.48. The van der Waals surface area contributed by atoms with Gasteiger partial charge in [0.15, 0.2) is 16.6 Å². The van der Waals surface area contributed by atoms with Crippen molar-refractivity contribution in [3.63, 3.8) is 0 Å². The van der Waals surface area contributed by atoms with Crippen LogP contribution >= 0.6 is 11.3 Å². The van der Waals surface area contributed by atoms with Crippen molar-refractivity contribution in [3.8, 4) is 11.5 Å². The number of ether oxygens (including phenoxy) is 2. The van der Waals surface area contributed by atoms with Crippen LogP contribution in [0, 0.1) is 10.1 Å². The quantitative estimate of drug-likeness (QED) is 0.482. The fraction of sp³-hybridized carbons (Fsp3) is 0.286. The molecule has 7 nitrogen and oxygen atoms in total. The molecule has 0 unspecified atom stereocenters. The van der Waals surface area contributed by atoms with E-state index >= 15 is 0 Å². The number of thiazole rings is 1. The molecule has 1 aliphatic heterocycles. The van der Waals surface area contributed by atoms with E-state index in [1.54, 1.807) is 29.5 Å². The van der Waals surface area contributed by atoms with E-state index in [4.69, 9.17) is 15.2 Å². The van der Waals surface area contributed by atoms with E-state index in [0.717, 1.165) is 23.6 Å². The number of nitrogens with two attached hydrogens (primary N) is 1. The number of rotatable bonds is 3. The van der Waals surface area contributed by atoms with Crippen molar-refractivity contribution in [3.05, 3.63) is 74.8 Å². The molecule has 2 N–H and O–H groups in total. The van der Waals surface area contributed by atoms with Crippen LogP contribution in [0.5, 0.6) is 11.5 Å². The Bertz CT molecular complexity index is 997. The number of hydrogen-bond acceptors (Lipinski definition) is 7. The van der Waals surface area contributed by atoms with Crippen molar-refractivity contribution in [2.24, 2.45) is 0 Å². The number of para-hydroxylation sites is 1. The lowest BCUT2D eigenvalue weighted by Crippen LogP contribution is -2.14. The Morgan fingerprint density at radius 3 is 2.45 bits per heavy atom. The van der Waals surface area contributed by atoms with Gasteiger partial charge in [-0.1, -0.05) is 45.0 Å². The van der Waals surface area contributed by atoms with Crippen molar-refractivity contribution < 1.29 is 14.4 Å². The molecule has 0 fully saturated rings. The van der Waals surface area contributed by atoms with Crippen molar-refractivity contribution in [1.82, 2.24) is 4.98 Å². The lowest BCUT2D eigenvalue weighted by Gasteiger charge is -2.17. The van der Waals surface area contributed by atoms with E-state index in [-0.39, 0.29) is 11.1 Å². The third-order valence-corrected chi connectivity index (χ3v) is 5.08. The minimum absolute atomic E-state index is 0.000206. The molecular weight excluding hydrogens is 390 g/mol. The summed E-state index contributed by atoms with van der Waals surface area (Å²) in [6.07, 6.45) is 0.818.